The Balaban J connectivity index is 1.86. The van der Waals surface area contributed by atoms with Gasteiger partial charge < -0.3 is 15.2 Å². The summed E-state index contributed by atoms with van der Waals surface area (Å²) in [5, 5.41) is 0. The fourth-order valence-electron chi connectivity index (χ4n) is 3.04. The second-order valence-corrected chi connectivity index (χ2v) is 5.95. The van der Waals surface area contributed by atoms with Crippen LogP contribution in [0.5, 0.6) is 5.75 Å². The van der Waals surface area contributed by atoms with Gasteiger partial charge in [0.15, 0.2) is 0 Å². The summed E-state index contributed by atoms with van der Waals surface area (Å²) in [5.74, 6) is 0.624. The average Bonchev–Trinajstić information content (AvgIpc) is 2.54. The van der Waals surface area contributed by atoms with Gasteiger partial charge in [-0.25, -0.2) is 0 Å². The summed E-state index contributed by atoms with van der Waals surface area (Å²) in [6, 6.07) is 7.57. The van der Waals surface area contributed by atoms with Crippen LogP contribution in [-0.4, -0.2) is 19.6 Å². The quantitative estimate of drug-likeness (QED) is 0.818. The Hall–Kier alpha value is -1.55. The smallest absolute Gasteiger partial charge is 0.306 e. The van der Waals surface area contributed by atoms with Gasteiger partial charge in [0.2, 0.25) is 0 Å². The van der Waals surface area contributed by atoms with E-state index in [0.29, 0.717) is 13.0 Å². The zero-order valence-electron chi connectivity index (χ0n) is 12.8. The number of rotatable bonds is 6. The third kappa shape index (κ3) is 4.46. The van der Waals surface area contributed by atoms with Crippen LogP contribution in [0.1, 0.15) is 44.1 Å². The molecule has 1 aromatic carbocycles. The molecule has 4 heteroatoms. The second kappa shape index (κ2) is 7.46. The molecule has 0 aliphatic heterocycles. The monoisotopic (exact) mass is 291 g/mol. The number of carbonyl (C=O) groups excluding carboxylic acids is 1. The number of methoxy groups -OCH3 is 1. The van der Waals surface area contributed by atoms with Crippen molar-refractivity contribution in [3.05, 3.63) is 29.8 Å². The van der Waals surface area contributed by atoms with Crippen LogP contribution in [0.25, 0.3) is 0 Å². The lowest BCUT2D eigenvalue weighted by atomic mass is 9.72. The van der Waals surface area contributed by atoms with Crippen LogP contribution in [0, 0.1) is 5.41 Å². The Morgan fingerprint density at radius 2 is 2.05 bits per heavy atom. The highest BCUT2D eigenvalue weighted by Gasteiger charge is 2.33. The van der Waals surface area contributed by atoms with Crippen LogP contribution < -0.4 is 10.5 Å². The van der Waals surface area contributed by atoms with Crippen LogP contribution in [0.3, 0.4) is 0 Å². The number of hydrogen-bond acceptors (Lipinski definition) is 4. The molecule has 1 aliphatic carbocycles. The average molecular weight is 291 g/mol. The first kappa shape index (κ1) is 15.8. The molecule has 0 atom stereocenters. The molecule has 21 heavy (non-hydrogen) atoms. The zero-order valence-corrected chi connectivity index (χ0v) is 12.8. The van der Waals surface area contributed by atoms with Gasteiger partial charge in [-0.15, -0.1) is 0 Å². The fourth-order valence-corrected chi connectivity index (χ4v) is 3.04. The molecule has 2 N–H and O–H groups in total. The molecule has 4 nitrogen and oxygen atoms in total. The molecular weight excluding hydrogens is 266 g/mol. The minimum absolute atomic E-state index is 0.0380. The molecule has 0 bridgehead atoms. The molecule has 0 amide bonds. The van der Waals surface area contributed by atoms with E-state index in [2.05, 4.69) is 0 Å². The van der Waals surface area contributed by atoms with Crippen molar-refractivity contribution in [2.24, 2.45) is 11.1 Å². The van der Waals surface area contributed by atoms with Crippen LogP contribution in [0.4, 0.5) is 0 Å². The maximum absolute atomic E-state index is 12.1. The molecule has 0 radical (unpaired) electrons. The van der Waals surface area contributed by atoms with Gasteiger partial charge >= 0.3 is 5.97 Å². The molecule has 0 saturated heterocycles. The van der Waals surface area contributed by atoms with Crippen LogP contribution >= 0.6 is 0 Å². The maximum atomic E-state index is 12.1. The van der Waals surface area contributed by atoms with E-state index in [4.69, 9.17) is 15.2 Å². The van der Waals surface area contributed by atoms with Gasteiger partial charge in [-0.2, -0.15) is 0 Å². The third-order valence-electron chi connectivity index (χ3n) is 4.40. The van der Waals surface area contributed by atoms with Crippen molar-refractivity contribution in [1.29, 1.82) is 0 Å². The summed E-state index contributed by atoms with van der Waals surface area (Å²) >= 11 is 0. The van der Waals surface area contributed by atoms with E-state index in [0.717, 1.165) is 24.2 Å². The summed E-state index contributed by atoms with van der Waals surface area (Å²) in [7, 11) is 1.62. The van der Waals surface area contributed by atoms with Crippen molar-refractivity contribution < 1.29 is 14.3 Å². The number of carbonyl (C=O) groups is 1. The largest absolute Gasteiger partial charge is 0.497 e. The Morgan fingerprint density at radius 3 is 2.71 bits per heavy atom. The van der Waals surface area contributed by atoms with Crippen LogP contribution in [0.2, 0.25) is 0 Å². The van der Waals surface area contributed by atoms with E-state index < -0.39 is 0 Å². The van der Waals surface area contributed by atoms with E-state index in [1.165, 1.54) is 19.3 Å². The molecule has 0 unspecified atom stereocenters. The minimum Gasteiger partial charge on any atom is -0.497 e. The highest BCUT2D eigenvalue weighted by molar-refractivity contribution is 5.70. The van der Waals surface area contributed by atoms with Gasteiger partial charge in [-0.05, 0) is 42.5 Å². The minimum atomic E-state index is -0.148. The molecular formula is C17H25NO3. The topological polar surface area (TPSA) is 61.5 Å². The van der Waals surface area contributed by atoms with Crippen molar-refractivity contribution in [3.63, 3.8) is 0 Å². The van der Waals surface area contributed by atoms with E-state index >= 15 is 0 Å². The van der Waals surface area contributed by atoms with Crippen molar-refractivity contribution in [1.82, 2.24) is 0 Å². The highest BCUT2D eigenvalue weighted by atomic mass is 16.5. The van der Waals surface area contributed by atoms with E-state index in [9.17, 15) is 4.79 Å². The summed E-state index contributed by atoms with van der Waals surface area (Å²) in [6.07, 6.45) is 6.10. The van der Waals surface area contributed by atoms with Crippen molar-refractivity contribution in [2.45, 2.75) is 45.1 Å². The van der Waals surface area contributed by atoms with Gasteiger partial charge in [0.05, 0.1) is 13.5 Å². The molecule has 1 saturated carbocycles. The summed E-state index contributed by atoms with van der Waals surface area (Å²) in [5.41, 5.74) is 6.81. The summed E-state index contributed by atoms with van der Waals surface area (Å²) in [6.45, 7) is 0.859. The lowest BCUT2D eigenvalue weighted by Crippen LogP contribution is -2.35. The maximum Gasteiger partial charge on any atom is 0.306 e. The molecule has 1 fully saturated rings. The summed E-state index contributed by atoms with van der Waals surface area (Å²) in [4.78, 5) is 12.1. The third-order valence-corrected chi connectivity index (χ3v) is 4.40. The molecule has 0 spiro atoms. The van der Waals surface area contributed by atoms with Gasteiger partial charge in [0.25, 0.3) is 0 Å². The first-order valence-electron chi connectivity index (χ1n) is 7.66. The standard InChI is InChI=1S/C17H25NO3/c1-20-15-7-5-6-14(10-15)12-21-16(19)11-17(13-18)8-3-2-4-9-17/h5-7,10H,2-4,8-9,11-13,18H2,1H3. The van der Waals surface area contributed by atoms with Crippen molar-refractivity contribution in [2.75, 3.05) is 13.7 Å². The number of benzene rings is 1. The normalized spacial score (nSPS) is 17.2. The molecule has 2 rings (SSSR count). The molecule has 0 heterocycles. The first-order valence-corrected chi connectivity index (χ1v) is 7.66. The second-order valence-electron chi connectivity index (χ2n) is 5.95. The van der Waals surface area contributed by atoms with Crippen LogP contribution in [-0.2, 0) is 16.1 Å². The van der Waals surface area contributed by atoms with Gasteiger partial charge in [-0.3, -0.25) is 4.79 Å². The number of hydrogen-bond donors (Lipinski definition) is 1. The predicted molar refractivity (Wildman–Crippen MR) is 82.0 cm³/mol. The zero-order chi connectivity index (χ0) is 15.1. The molecule has 0 aromatic heterocycles. The van der Waals surface area contributed by atoms with Crippen LogP contribution in [0.15, 0.2) is 24.3 Å². The Morgan fingerprint density at radius 1 is 1.29 bits per heavy atom. The lowest BCUT2D eigenvalue weighted by Gasteiger charge is -2.35. The lowest BCUT2D eigenvalue weighted by molar-refractivity contribution is -0.148. The summed E-state index contributed by atoms with van der Waals surface area (Å²) < 4.78 is 10.6. The number of nitrogens with two attached hydrogens (primary N) is 1. The van der Waals surface area contributed by atoms with E-state index in [1.807, 2.05) is 24.3 Å². The van der Waals surface area contributed by atoms with Crippen molar-refractivity contribution >= 4 is 5.97 Å². The molecule has 116 valence electrons. The Labute approximate surface area is 126 Å². The Kier molecular flexibility index (Phi) is 5.62. The van der Waals surface area contributed by atoms with Gasteiger partial charge in [0, 0.05) is 0 Å². The van der Waals surface area contributed by atoms with Crippen molar-refractivity contribution in [3.8, 4) is 5.75 Å². The molecule has 1 aromatic rings. The highest BCUT2D eigenvalue weighted by Crippen LogP contribution is 2.38. The fraction of sp³-hybridized carbons (Fsp3) is 0.588. The van der Waals surface area contributed by atoms with E-state index in [-0.39, 0.29) is 18.0 Å². The molecule has 1 aliphatic rings. The SMILES string of the molecule is COc1cccc(COC(=O)CC2(CN)CCCCC2)c1. The number of ether oxygens (including phenoxy) is 2. The number of esters is 1. The van der Waals surface area contributed by atoms with Gasteiger partial charge in [-0.1, -0.05) is 31.4 Å². The predicted octanol–water partition coefficient (Wildman–Crippen LogP) is 3.04. The first-order chi connectivity index (χ1) is 10.2. The van der Waals surface area contributed by atoms with E-state index in [1.54, 1.807) is 7.11 Å². The Bertz CT molecular complexity index is 467. The van der Waals surface area contributed by atoms with Gasteiger partial charge in [0.1, 0.15) is 12.4 Å².